The first-order chi connectivity index (χ1) is 17.1. The van der Waals surface area contributed by atoms with Crippen LogP contribution in [0.5, 0.6) is 6.01 Å². The number of benzene rings is 1. The van der Waals surface area contributed by atoms with Gasteiger partial charge in [0.2, 0.25) is 0 Å². The Kier molecular flexibility index (Phi) is 8.79. The highest BCUT2D eigenvalue weighted by Crippen LogP contribution is 2.31. The van der Waals surface area contributed by atoms with E-state index < -0.39 is 0 Å². The minimum atomic E-state index is -0.339. The van der Waals surface area contributed by atoms with Crippen LogP contribution in [0.15, 0.2) is 30.6 Å². The van der Waals surface area contributed by atoms with E-state index in [-0.39, 0.29) is 24.1 Å². The molecular weight excluding hydrogens is 447 g/mol. The molecule has 1 saturated carbocycles. The molecule has 2 aliphatic rings. The molecule has 8 heteroatoms. The summed E-state index contributed by atoms with van der Waals surface area (Å²) < 4.78 is 25.7. The molecule has 2 heterocycles. The average molecular weight is 483 g/mol. The topological polar surface area (TPSA) is 88.4 Å². The first-order valence-electron chi connectivity index (χ1n) is 12.7. The molecule has 1 saturated heterocycles. The first-order valence-corrected chi connectivity index (χ1v) is 12.7. The Hall–Kier alpha value is -2.87. The van der Waals surface area contributed by atoms with Crippen LogP contribution in [0.25, 0.3) is 11.1 Å². The van der Waals surface area contributed by atoms with E-state index in [2.05, 4.69) is 14.9 Å². The highest BCUT2D eigenvalue weighted by atomic mass is 19.1. The van der Waals surface area contributed by atoms with Crippen LogP contribution >= 0.6 is 0 Å². The summed E-state index contributed by atoms with van der Waals surface area (Å²) in [6.45, 7) is 5.00. The van der Waals surface area contributed by atoms with E-state index >= 15 is 0 Å². The predicted octanol–water partition coefficient (Wildman–Crippen LogP) is 4.69. The number of likely N-dealkylation sites (tertiary alicyclic amines) is 1. The van der Waals surface area contributed by atoms with E-state index in [0.29, 0.717) is 47.9 Å². The summed E-state index contributed by atoms with van der Waals surface area (Å²) in [5, 5.41) is 7.22. The fourth-order valence-electron chi connectivity index (χ4n) is 5.21. The van der Waals surface area contributed by atoms with E-state index in [9.17, 15) is 9.18 Å². The number of esters is 1. The highest BCUT2D eigenvalue weighted by Gasteiger charge is 2.32. The van der Waals surface area contributed by atoms with Gasteiger partial charge in [0.1, 0.15) is 5.82 Å². The summed E-state index contributed by atoms with van der Waals surface area (Å²) >= 11 is 0. The molecule has 0 bridgehead atoms. The number of hydrogen-bond donors (Lipinski definition) is 1. The Morgan fingerprint density at radius 2 is 1.86 bits per heavy atom. The van der Waals surface area contributed by atoms with Gasteiger partial charge in [0.25, 0.3) is 0 Å². The molecule has 1 aliphatic carbocycles. The largest absolute Gasteiger partial charge is 0.466 e. The molecule has 35 heavy (non-hydrogen) atoms. The molecule has 2 fully saturated rings. The van der Waals surface area contributed by atoms with Gasteiger partial charge in [-0.1, -0.05) is 18.2 Å². The molecule has 188 valence electrons. The summed E-state index contributed by atoms with van der Waals surface area (Å²) in [6.07, 6.45) is 10.8. The van der Waals surface area contributed by atoms with E-state index in [1.165, 1.54) is 6.21 Å². The molecule has 1 aliphatic heterocycles. The quantitative estimate of drug-likeness (QED) is 0.412. The fourth-order valence-corrected chi connectivity index (χ4v) is 5.21. The van der Waals surface area contributed by atoms with Crippen LogP contribution in [0.3, 0.4) is 0 Å². The van der Waals surface area contributed by atoms with Gasteiger partial charge in [0, 0.05) is 36.0 Å². The molecule has 2 aromatic rings. The lowest BCUT2D eigenvalue weighted by molar-refractivity contribution is -0.149. The standard InChI is InChI=1S/C27H35FN4O3/c1-2-34-26(33)21-6-8-23(9-7-21)32-14-11-19(12-15-32)18-35-27-30-16-22(17-31-27)24-5-3-4-20(10-13-29)25(24)28/h3-5,13,16-17,19,21,23,29H,2,6-12,14-15,18H2,1H3. The number of carbonyl (C=O) groups excluding carboxylic acids is 1. The van der Waals surface area contributed by atoms with Crippen LogP contribution < -0.4 is 4.74 Å². The lowest BCUT2D eigenvalue weighted by Gasteiger charge is -2.40. The van der Waals surface area contributed by atoms with Crippen LogP contribution in [0.2, 0.25) is 0 Å². The molecule has 1 N–H and O–H groups in total. The van der Waals surface area contributed by atoms with Gasteiger partial charge in [0.15, 0.2) is 0 Å². The molecule has 1 aromatic carbocycles. The molecule has 4 rings (SSSR count). The third kappa shape index (κ3) is 6.42. The minimum Gasteiger partial charge on any atom is -0.466 e. The van der Waals surface area contributed by atoms with Gasteiger partial charge in [-0.15, -0.1) is 0 Å². The summed E-state index contributed by atoms with van der Waals surface area (Å²) in [5.41, 5.74) is 1.50. The second-order valence-electron chi connectivity index (χ2n) is 9.49. The Labute approximate surface area is 206 Å². The van der Waals surface area contributed by atoms with Crippen molar-refractivity contribution in [3.8, 4) is 17.1 Å². The number of piperidine rings is 1. The third-order valence-electron chi connectivity index (χ3n) is 7.27. The first kappa shape index (κ1) is 25.2. The van der Waals surface area contributed by atoms with Gasteiger partial charge in [-0.05, 0) is 76.2 Å². The van der Waals surface area contributed by atoms with Gasteiger partial charge in [-0.25, -0.2) is 14.4 Å². The third-order valence-corrected chi connectivity index (χ3v) is 7.27. The number of carbonyl (C=O) groups is 1. The van der Waals surface area contributed by atoms with Crippen LogP contribution in [0.1, 0.15) is 51.0 Å². The van der Waals surface area contributed by atoms with Crippen molar-refractivity contribution in [3.63, 3.8) is 0 Å². The lowest BCUT2D eigenvalue weighted by atomic mass is 9.84. The normalized spacial score (nSPS) is 21.4. The summed E-state index contributed by atoms with van der Waals surface area (Å²) in [4.78, 5) is 23.1. The number of halogens is 1. The van der Waals surface area contributed by atoms with E-state index in [1.807, 2.05) is 6.92 Å². The van der Waals surface area contributed by atoms with Crippen molar-refractivity contribution in [3.05, 3.63) is 42.0 Å². The maximum absolute atomic E-state index is 14.7. The van der Waals surface area contributed by atoms with E-state index in [1.54, 1.807) is 30.6 Å². The van der Waals surface area contributed by atoms with E-state index in [0.717, 1.165) is 51.6 Å². The summed E-state index contributed by atoms with van der Waals surface area (Å²) in [6, 6.07) is 6.03. The van der Waals surface area contributed by atoms with Crippen LogP contribution in [0, 0.1) is 23.1 Å². The van der Waals surface area contributed by atoms with Gasteiger partial charge < -0.3 is 19.8 Å². The minimum absolute atomic E-state index is 0.0292. The predicted molar refractivity (Wildman–Crippen MR) is 132 cm³/mol. The monoisotopic (exact) mass is 482 g/mol. The fraction of sp³-hybridized carbons (Fsp3) is 0.556. The van der Waals surface area contributed by atoms with Crippen molar-refractivity contribution in [2.75, 3.05) is 26.3 Å². The molecule has 0 atom stereocenters. The van der Waals surface area contributed by atoms with Crippen molar-refractivity contribution in [1.29, 1.82) is 5.41 Å². The smallest absolute Gasteiger partial charge is 0.316 e. The SMILES string of the molecule is CCOC(=O)C1CCC(N2CCC(COc3ncc(-c4cccc(CC=N)c4F)cn3)CC2)CC1. The maximum atomic E-state index is 14.7. The van der Waals surface area contributed by atoms with Crippen molar-refractivity contribution in [2.45, 2.75) is 57.9 Å². The molecule has 0 unspecified atom stereocenters. The highest BCUT2D eigenvalue weighted by molar-refractivity contribution is 5.72. The zero-order valence-corrected chi connectivity index (χ0v) is 20.4. The zero-order chi connectivity index (χ0) is 24.6. The van der Waals surface area contributed by atoms with Crippen LogP contribution in [0.4, 0.5) is 4.39 Å². The van der Waals surface area contributed by atoms with E-state index in [4.69, 9.17) is 14.9 Å². The van der Waals surface area contributed by atoms with Gasteiger partial charge in [-0.3, -0.25) is 4.79 Å². The molecule has 7 nitrogen and oxygen atoms in total. The van der Waals surface area contributed by atoms with Crippen molar-refractivity contribution in [1.82, 2.24) is 14.9 Å². The van der Waals surface area contributed by atoms with Crippen molar-refractivity contribution < 1.29 is 18.7 Å². The van der Waals surface area contributed by atoms with Gasteiger partial charge >= 0.3 is 12.0 Å². The Morgan fingerprint density at radius 3 is 2.51 bits per heavy atom. The molecule has 0 radical (unpaired) electrons. The molecule has 1 aromatic heterocycles. The summed E-state index contributed by atoms with van der Waals surface area (Å²) in [5.74, 6) is 0.166. The second-order valence-corrected chi connectivity index (χ2v) is 9.49. The number of nitrogens with zero attached hydrogens (tertiary/aromatic N) is 3. The Bertz CT molecular complexity index is 984. The number of rotatable bonds is 9. The van der Waals surface area contributed by atoms with Gasteiger partial charge in [0.05, 0.1) is 19.1 Å². The summed E-state index contributed by atoms with van der Waals surface area (Å²) in [7, 11) is 0. The number of nitrogens with one attached hydrogen (secondary N) is 1. The lowest BCUT2D eigenvalue weighted by Crippen LogP contribution is -2.44. The molecular formula is C27H35FN4O3. The molecule has 0 spiro atoms. The Balaban J connectivity index is 1.22. The van der Waals surface area contributed by atoms with Crippen molar-refractivity contribution in [2.24, 2.45) is 11.8 Å². The van der Waals surface area contributed by atoms with Crippen LogP contribution in [-0.2, 0) is 16.0 Å². The zero-order valence-electron chi connectivity index (χ0n) is 20.4. The number of ether oxygens (including phenoxy) is 2. The number of hydrogen-bond acceptors (Lipinski definition) is 7. The average Bonchev–Trinajstić information content (AvgIpc) is 2.90. The second kappa shape index (κ2) is 12.2. The van der Waals surface area contributed by atoms with Gasteiger partial charge in [-0.2, -0.15) is 0 Å². The van der Waals surface area contributed by atoms with Crippen LogP contribution in [-0.4, -0.2) is 59.4 Å². The Morgan fingerprint density at radius 1 is 1.14 bits per heavy atom. The maximum Gasteiger partial charge on any atom is 0.316 e. The number of aromatic nitrogens is 2. The van der Waals surface area contributed by atoms with Crippen molar-refractivity contribution >= 4 is 12.2 Å². The molecule has 0 amide bonds.